The molecule has 89 heavy (non-hydrogen) atoms. The molecule has 0 saturated carbocycles. The zero-order valence-corrected chi connectivity index (χ0v) is 59.5. The summed E-state index contributed by atoms with van der Waals surface area (Å²) in [6, 6.07) is 0. The lowest BCUT2D eigenvalue weighted by Gasteiger charge is -2.21. The quantitative estimate of drug-likeness (QED) is 0.0222. The second kappa shape index (κ2) is 62.2. The summed E-state index contributed by atoms with van der Waals surface area (Å²) in [5.74, 6) is -0.733. The van der Waals surface area contributed by atoms with Gasteiger partial charge in [-0.05, 0) is 37.5 Å². The Morgan fingerprint density at radius 2 is 0.573 bits per heavy atom. The van der Waals surface area contributed by atoms with E-state index in [9.17, 15) is 43.2 Å². The minimum Gasteiger partial charge on any atom is -0.462 e. The summed E-state index contributed by atoms with van der Waals surface area (Å²) in [6.45, 7) is 9.39. The van der Waals surface area contributed by atoms with Gasteiger partial charge in [-0.3, -0.25) is 37.3 Å². The predicted octanol–water partition coefficient (Wildman–Crippen LogP) is 20.0. The molecule has 0 bridgehead atoms. The second-order valence-corrected chi connectivity index (χ2v) is 28.9. The number of unbranched alkanes of at least 4 members (excludes halogenated alkanes) is 38. The van der Waals surface area contributed by atoms with E-state index in [-0.39, 0.29) is 25.7 Å². The number of esters is 4. The topological polar surface area (TPSA) is 237 Å². The first kappa shape index (κ1) is 87.1. The first-order valence-electron chi connectivity index (χ1n) is 36.5. The number of rotatable bonds is 69. The Labute approximate surface area is 543 Å². The number of carbonyl (C=O) groups is 4. The van der Waals surface area contributed by atoms with Crippen LogP contribution in [0.15, 0.2) is 0 Å². The Morgan fingerprint density at radius 3 is 0.854 bits per heavy atom. The Morgan fingerprint density at radius 1 is 0.326 bits per heavy atom. The van der Waals surface area contributed by atoms with Crippen LogP contribution in [-0.4, -0.2) is 96.7 Å². The van der Waals surface area contributed by atoms with Gasteiger partial charge in [0.15, 0.2) is 12.2 Å². The normalized spacial score (nSPS) is 14.4. The third-order valence-corrected chi connectivity index (χ3v) is 18.5. The van der Waals surface area contributed by atoms with Crippen LogP contribution in [-0.2, 0) is 65.4 Å². The minimum absolute atomic E-state index is 0.102. The van der Waals surface area contributed by atoms with Crippen LogP contribution in [0.3, 0.4) is 0 Å². The third kappa shape index (κ3) is 63.2. The van der Waals surface area contributed by atoms with E-state index in [2.05, 4.69) is 41.5 Å². The molecule has 528 valence electrons. The third-order valence-electron chi connectivity index (χ3n) is 16.6. The first-order valence-corrected chi connectivity index (χ1v) is 39.5. The Hall–Kier alpha value is -1.94. The lowest BCUT2D eigenvalue weighted by molar-refractivity contribution is -0.161. The molecule has 3 N–H and O–H groups in total. The summed E-state index contributed by atoms with van der Waals surface area (Å²) in [6.07, 6.45) is 47.6. The molecule has 0 aromatic carbocycles. The molecule has 0 rings (SSSR count). The maximum absolute atomic E-state index is 13.0. The molecule has 0 saturated heterocycles. The molecule has 19 heteroatoms. The van der Waals surface area contributed by atoms with Crippen molar-refractivity contribution in [3.63, 3.8) is 0 Å². The number of ether oxygens (including phenoxy) is 4. The van der Waals surface area contributed by atoms with Crippen LogP contribution in [0, 0.1) is 11.8 Å². The smallest absolute Gasteiger partial charge is 0.462 e. The second-order valence-electron chi connectivity index (χ2n) is 26.0. The molecular formula is C70H136O17P2. The highest BCUT2D eigenvalue weighted by molar-refractivity contribution is 7.47. The summed E-state index contributed by atoms with van der Waals surface area (Å²) in [7, 11) is -9.89. The molecule has 17 nitrogen and oxygen atoms in total. The molecule has 3 unspecified atom stereocenters. The molecule has 0 aromatic heterocycles. The lowest BCUT2D eigenvalue weighted by atomic mass is 10.00. The molecule has 0 amide bonds. The van der Waals surface area contributed by atoms with Gasteiger partial charge in [-0.25, -0.2) is 9.13 Å². The maximum atomic E-state index is 13.0. The van der Waals surface area contributed by atoms with Gasteiger partial charge < -0.3 is 33.8 Å². The molecule has 0 aliphatic heterocycles. The fourth-order valence-electron chi connectivity index (χ4n) is 10.6. The van der Waals surface area contributed by atoms with Crippen LogP contribution < -0.4 is 0 Å². The van der Waals surface area contributed by atoms with Crippen molar-refractivity contribution < 1.29 is 80.2 Å². The van der Waals surface area contributed by atoms with Gasteiger partial charge in [0, 0.05) is 25.7 Å². The van der Waals surface area contributed by atoms with E-state index in [1.807, 2.05) is 0 Å². The molecule has 0 spiro atoms. The fourth-order valence-corrected chi connectivity index (χ4v) is 12.1. The summed E-state index contributed by atoms with van der Waals surface area (Å²) in [5.41, 5.74) is 0. The van der Waals surface area contributed by atoms with E-state index in [1.165, 1.54) is 167 Å². The van der Waals surface area contributed by atoms with Crippen LogP contribution in [0.1, 0.15) is 356 Å². The van der Waals surface area contributed by atoms with Crippen molar-refractivity contribution in [3.8, 4) is 0 Å². The first-order chi connectivity index (χ1) is 42.9. The number of hydrogen-bond acceptors (Lipinski definition) is 15. The average molecular weight is 1310 g/mol. The Kier molecular flexibility index (Phi) is 60.8. The van der Waals surface area contributed by atoms with Crippen molar-refractivity contribution in [1.82, 2.24) is 0 Å². The van der Waals surface area contributed by atoms with E-state index in [4.69, 9.17) is 37.0 Å². The van der Waals surface area contributed by atoms with E-state index in [0.717, 1.165) is 102 Å². The minimum atomic E-state index is -4.95. The van der Waals surface area contributed by atoms with Crippen molar-refractivity contribution in [2.24, 2.45) is 11.8 Å². The van der Waals surface area contributed by atoms with Gasteiger partial charge in [0.05, 0.1) is 26.4 Å². The Bertz CT molecular complexity index is 1740. The van der Waals surface area contributed by atoms with Gasteiger partial charge in [-0.2, -0.15) is 0 Å². The van der Waals surface area contributed by atoms with E-state index >= 15 is 0 Å². The van der Waals surface area contributed by atoms with Gasteiger partial charge in [0.25, 0.3) is 0 Å². The van der Waals surface area contributed by atoms with E-state index < -0.39 is 97.5 Å². The number of aliphatic hydroxyl groups is 1. The summed E-state index contributed by atoms with van der Waals surface area (Å²) >= 11 is 0. The summed E-state index contributed by atoms with van der Waals surface area (Å²) in [5, 5.41) is 10.6. The number of aliphatic hydroxyl groups excluding tert-OH is 1. The molecule has 0 heterocycles. The van der Waals surface area contributed by atoms with Gasteiger partial charge in [-0.1, -0.05) is 305 Å². The number of phosphoric acid groups is 2. The highest BCUT2D eigenvalue weighted by Gasteiger charge is 2.30. The number of hydrogen-bond donors (Lipinski definition) is 3. The fraction of sp³-hybridized carbons (Fsp3) is 0.943. The molecule has 0 radical (unpaired) electrons. The van der Waals surface area contributed by atoms with Gasteiger partial charge in [0.2, 0.25) is 0 Å². The van der Waals surface area contributed by atoms with Crippen LogP contribution in [0.5, 0.6) is 0 Å². The largest absolute Gasteiger partial charge is 0.472 e. The predicted molar refractivity (Wildman–Crippen MR) is 358 cm³/mol. The molecule has 0 aromatic rings. The van der Waals surface area contributed by atoms with Crippen LogP contribution in [0.4, 0.5) is 0 Å². The molecule has 0 fully saturated rings. The van der Waals surface area contributed by atoms with Crippen LogP contribution in [0.25, 0.3) is 0 Å². The average Bonchev–Trinajstić information content (AvgIpc) is 3.55. The van der Waals surface area contributed by atoms with Crippen molar-refractivity contribution in [1.29, 1.82) is 0 Å². The summed E-state index contributed by atoms with van der Waals surface area (Å²) in [4.78, 5) is 72.3. The highest BCUT2D eigenvalue weighted by atomic mass is 31.2. The molecule has 0 aliphatic rings. The van der Waals surface area contributed by atoms with E-state index in [0.29, 0.717) is 31.6 Å². The number of carbonyl (C=O) groups excluding carboxylic acids is 4. The van der Waals surface area contributed by atoms with Crippen molar-refractivity contribution >= 4 is 39.5 Å². The zero-order chi connectivity index (χ0) is 65.7. The van der Waals surface area contributed by atoms with Crippen molar-refractivity contribution in [3.05, 3.63) is 0 Å². The van der Waals surface area contributed by atoms with E-state index in [1.54, 1.807) is 0 Å². The highest BCUT2D eigenvalue weighted by Crippen LogP contribution is 2.45. The van der Waals surface area contributed by atoms with Crippen molar-refractivity contribution in [2.75, 3.05) is 39.6 Å². The van der Waals surface area contributed by atoms with Crippen molar-refractivity contribution in [2.45, 2.75) is 374 Å². The maximum Gasteiger partial charge on any atom is 0.472 e. The lowest BCUT2D eigenvalue weighted by Crippen LogP contribution is -2.30. The zero-order valence-electron chi connectivity index (χ0n) is 57.7. The number of phosphoric ester groups is 2. The Balaban J connectivity index is 5.13. The molecule has 0 aliphatic carbocycles. The summed E-state index contributed by atoms with van der Waals surface area (Å²) < 4.78 is 68.1. The van der Waals surface area contributed by atoms with Gasteiger partial charge in [-0.15, -0.1) is 0 Å². The SMILES string of the molecule is CCCCCCCCCCCCCCCCCCCCCCCC(=O)O[C@H](COC(=O)CCCCCCCCC(C)CC)COP(=O)(O)OC[C@@H](O)COP(=O)(O)OC[C@@H](COC(=O)CCCCCCCCCCC)OC(=O)CCCCCCCCC(C)C. The standard InChI is InChI=1S/C70H136O17P2/c1-7-10-12-14-16-18-19-20-21-22-23-24-25-26-27-28-29-31-33-42-48-54-69(74)86-65(59-81-68(73)53-47-41-37-35-39-45-51-63(6)9-3)60-84-88(76,77)82-56-64(71)57-83-89(78,79)85-61-66(87-70(75)55-49-43-36-34-38-44-50-62(4)5)58-80-67(72)52-46-40-32-30-17-15-13-11-8-2/h62-66,71H,7-61H2,1-6H3,(H,76,77)(H,78,79)/t63?,64-,65-,66-/m1/s1. The monoisotopic (exact) mass is 1310 g/mol. The van der Waals surface area contributed by atoms with Gasteiger partial charge >= 0.3 is 39.5 Å². The molecular weight excluding hydrogens is 1170 g/mol. The van der Waals surface area contributed by atoms with Crippen LogP contribution in [0.2, 0.25) is 0 Å². The van der Waals surface area contributed by atoms with Gasteiger partial charge in [0.1, 0.15) is 19.3 Å². The van der Waals surface area contributed by atoms with Crippen LogP contribution >= 0.6 is 15.6 Å². The molecule has 6 atom stereocenters.